The lowest BCUT2D eigenvalue weighted by molar-refractivity contribution is -0.115. The number of carbonyl (C=O) groups excluding carboxylic acids is 1. The minimum atomic E-state index is -0.250. The Morgan fingerprint density at radius 1 is 1.28 bits per heavy atom. The molecule has 0 aliphatic carbocycles. The van der Waals surface area contributed by atoms with Gasteiger partial charge in [-0.2, -0.15) is 0 Å². The quantitative estimate of drug-likeness (QED) is 0.693. The molecule has 0 spiro atoms. The zero-order chi connectivity index (χ0) is 13.0. The van der Waals surface area contributed by atoms with Crippen LogP contribution in [0.15, 0.2) is 30.5 Å². The first-order valence-corrected chi connectivity index (χ1v) is 5.79. The monoisotopic (exact) mass is 282 g/mol. The summed E-state index contributed by atoms with van der Waals surface area (Å²) in [6.45, 7) is 0. The maximum absolute atomic E-state index is 11.7. The molecule has 7 heteroatoms. The van der Waals surface area contributed by atoms with Gasteiger partial charge >= 0.3 is 0 Å². The third-order valence-corrected chi connectivity index (χ3v) is 2.37. The van der Waals surface area contributed by atoms with Crippen LogP contribution in [-0.4, -0.2) is 20.9 Å². The van der Waals surface area contributed by atoms with Crippen molar-refractivity contribution < 1.29 is 4.79 Å². The molecule has 18 heavy (non-hydrogen) atoms. The Morgan fingerprint density at radius 2 is 2.11 bits per heavy atom. The van der Waals surface area contributed by atoms with Crippen LogP contribution in [0.3, 0.4) is 0 Å². The second-order valence-corrected chi connectivity index (χ2v) is 4.12. The van der Waals surface area contributed by atoms with E-state index in [1.807, 2.05) is 6.07 Å². The summed E-state index contributed by atoms with van der Waals surface area (Å²) in [4.78, 5) is 23.3. The van der Waals surface area contributed by atoms with Gasteiger partial charge in [0.25, 0.3) is 0 Å². The molecule has 2 aromatic heterocycles. The van der Waals surface area contributed by atoms with Crippen LogP contribution in [0.1, 0.15) is 5.69 Å². The van der Waals surface area contributed by atoms with Gasteiger partial charge in [0.2, 0.25) is 11.2 Å². The summed E-state index contributed by atoms with van der Waals surface area (Å²) >= 11 is 11.3. The molecule has 2 rings (SSSR count). The standard InChI is InChI=1S/C11H8Cl2N4O/c12-8-6-9(17-11(13)15-8)16-10(18)5-7-3-1-2-4-14-7/h1-4,6H,5H2,(H,15,16,17,18). The third kappa shape index (κ3) is 3.65. The SMILES string of the molecule is O=C(Cc1ccccn1)Nc1cc(Cl)nc(Cl)n1. The second kappa shape index (κ2) is 5.75. The van der Waals surface area contributed by atoms with Gasteiger partial charge in [-0.1, -0.05) is 17.7 Å². The van der Waals surface area contributed by atoms with Crippen molar-refractivity contribution in [2.45, 2.75) is 6.42 Å². The van der Waals surface area contributed by atoms with Crippen LogP contribution < -0.4 is 5.32 Å². The minimum absolute atomic E-state index is 0.0179. The Labute approximate surface area is 113 Å². The lowest BCUT2D eigenvalue weighted by Crippen LogP contribution is -2.16. The number of hydrogen-bond acceptors (Lipinski definition) is 4. The molecule has 0 atom stereocenters. The van der Waals surface area contributed by atoms with E-state index in [1.54, 1.807) is 18.3 Å². The van der Waals surface area contributed by atoms with E-state index in [9.17, 15) is 4.79 Å². The number of amides is 1. The van der Waals surface area contributed by atoms with Gasteiger partial charge in [0.1, 0.15) is 11.0 Å². The molecular formula is C11H8Cl2N4O. The van der Waals surface area contributed by atoms with Crippen molar-refractivity contribution in [3.63, 3.8) is 0 Å². The van der Waals surface area contributed by atoms with E-state index in [1.165, 1.54) is 6.07 Å². The predicted octanol–water partition coefficient (Wildman–Crippen LogP) is 2.36. The molecule has 2 aromatic rings. The summed E-state index contributed by atoms with van der Waals surface area (Å²) in [5, 5.41) is 2.72. The lowest BCUT2D eigenvalue weighted by atomic mass is 10.2. The zero-order valence-corrected chi connectivity index (χ0v) is 10.6. The molecule has 5 nitrogen and oxygen atoms in total. The van der Waals surface area contributed by atoms with E-state index in [-0.39, 0.29) is 28.6 Å². The van der Waals surface area contributed by atoms with Crippen LogP contribution in [0, 0.1) is 0 Å². The highest BCUT2D eigenvalue weighted by atomic mass is 35.5. The van der Waals surface area contributed by atoms with Gasteiger partial charge < -0.3 is 5.32 Å². The summed E-state index contributed by atoms with van der Waals surface area (Å²) in [5.74, 6) is 0.0143. The van der Waals surface area contributed by atoms with Crippen LogP contribution >= 0.6 is 23.2 Å². The van der Waals surface area contributed by atoms with Gasteiger partial charge in [0, 0.05) is 18.0 Å². The Hall–Kier alpha value is -1.72. The van der Waals surface area contributed by atoms with Crippen molar-refractivity contribution in [1.82, 2.24) is 15.0 Å². The number of rotatable bonds is 3. The average Bonchev–Trinajstić information content (AvgIpc) is 2.28. The summed E-state index contributed by atoms with van der Waals surface area (Å²) in [7, 11) is 0. The number of halogens is 2. The molecule has 1 N–H and O–H groups in total. The predicted molar refractivity (Wildman–Crippen MR) is 68.6 cm³/mol. The zero-order valence-electron chi connectivity index (χ0n) is 9.10. The van der Waals surface area contributed by atoms with Gasteiger partial charge in [-0.15, -0.1) is 0 Å². The number of carbonyl (C=O) groups is 1. The van der Waals surface area contributed by atoms with E-state index >= 15 is 0 Å². The molecule has 0 bridgehead atoms. The number of aromatic nitrogens is 3. The van der Waals surface area contributed by atoms with Crippen LogP contribution in [0.5, 0.6) is 0 Å². The number of nitrogens with one attached hydrogen (secondary N) is 1. The molecule has 0 aliphatic rings. The molecule has 1 amide bonds. The highest BCUT2D eigenvalue weighted by molar-refractivity contribution is 6.32. The van der Waals surface area contributed by atoms with Crippen molar-refractivity contribution in [2.75, 3.05) is 5.32 Å². The molecule has 0 saturated heterocycles. The first-order chi connectivity index (χ1) is 8.63. The van der Waals surface area contributed by atoms with Gasteiger partial charge in [0.05, 0.1) is 6.42 Å². The molecule has 0 aromatic carbocycles. The average molecular weight is 283 g/mol. The molecule has 0 saturated carbocycles. The smallest absolute Gasteiger partial charge is 0.231 e. The lowest BCUT2D eigenvalue weighted by Gasteiger charge is -2.04. The van der Waals surface area contributed by atoms with Crippen LogP contribution in [-0.2, 0) is 11.2 Å². The van der Waals surface area contributed by atoms with Crippen LogP contribution in [0.4, 0.5) is 5.82 Å². The Balaban J connectivity index is 2.03. The van der Waals surface area contributed by atoms with E-state index in [0.29, 0.717) is 5.69 Å². The molecule has 0 aliphatic heterocycles. The largest absolute Gasteiger partial charge is 0.310 e. The van der Waals surface area contributed by atoms with Gasteiger partial charge in [0.15, 0.2) is 0 Å². The summed E-state index contributed by atoms with van der Waals surface area (Å²) < 4.78 is 0. The third-order valence-electron chi connectivity index (χ3n) is 2.00. The van der Waals surface area contributed by atoms with E-state index in [4.69, 9.17) is 23.2 Å². The number of anilines is 1. The van der Waals surface area contributed by atoms with Crippen molar-refractivity contribution in [2.24, 2.45) is 0 Å². The molecule has 92 valence electrons. The highest BCUT2D eigenvalue weighted by Gasteiger charge is 2.07. The fraction of sp³-hybridized carbons (Fsp3) is 0.0909. The molecule has 0 fully saturated rings. The highest BCUT2D eigenvalue weighted by Crippen LogP contribution is 2.14. The van der Waals surface area contributed by atoms with Crippen LogP contribution in [0.2, 0.25) is 10.4 Å². The van der Waals surface area contributed by atoms with Crippen molar-refractivity contribution in [1.29, 1.82) is 0 Å². The van der Waals surface area contributed by atoms with Crippen molar-refractivity contribution >= 4 is 34.9 Å². The van der Waals surface area contributed by atoms with Gasteiger partial charge in [-0.05, 0) is 23.7 Å². The fourth-order valence-electron chi connectivity index (χ4n) is 1.31. The maximum atomic E-state index is 11.7. The fourth-order valence-corrected chi connectivity index (χ4v) is 1.72. The molecular weight excluding hydrogens is 275 g/mol. The summed E-state index contributed by atoms with van der Waals surface area (Å²) in [6.07, 6.45) is 1.78. The normalized spacial score (nSPS) is 10.1. The molecule has 0 unspecified atom stereocenters. The minimum Gasteiger partial charge on any atom is -0.310 e. The topological polar surface area (TPSA) is 67.8 Å². The van der Waals surface area contributed by atoms with Crippen molar-refractivity contribution in [3.05, 3.63) is 46.6 Å². The Bertz CT molecular complexity index is 542. The van der Waals surface area contributed by atoms with E-state index in [2.05, 4.69) is 20.3 Å². The van der Waals surface area contributed by atoms with Crippen molar-refractivity contribution in [3.8, 4) is 0 Å². The first kappa shape index (κ1) is 12.7. The van der Waals surface area contributed by atoms with Crippen LogP contribution in [0.25, 0.3) is 0 Å². The van der Waals surface area contributed by atoms with Gasteiger partial charge in [-0.3, -0.25) is 9.78 Å². The Morgan fingerprint density at radius 3 is 2.78 bits per heavy atom. The van der Waals surface area contributed by atoms with E-state index < -0.39 is 0 Å². The summed E-state index contributed by atoms with van der Waals surface area (Å²) in [6, 6.07) is 6.78. The molecule has 2 heterocycles. The Kier molecular flexibility index (Phi) is 4.07. The summed E-state index contributed by atoms with van der Waals surface area (Å²) in [5.41, 5.74) is 0.668. The van der Waals surface area contributed by atoms with E-state index in [0.717, 1.165) is 0 Å². The first-order valence-electron chi connectivity index (χ1n) is 5.03. The maximum Gasteiger partial charge on any atom is 0.231 e. The molecule has 0 radical (unpaired) electrons. The number of hydrogen-bond donors (Lipinski definition) is 1. The number of pyridine rings is 1. The number of nitrogens with zero attached hydrogens (tertiary/aromatic N) is 3. The van der Waals surface area contributed by atoms with Gasteiger partial charge in [-0.25, -0.2) is 9.97 Å². The second-order valence-electron chi connectivity index (χ2n) is 3.39.